The van der Waals surface area contributed by atoms with Crippen LogP contribution in [0, 0.1) is 6.92 Å². The number of hydrogen-bond acceptors (Lipinski definition) is 5. The predicted octanol–water partition coefficient (Wildman–Crippen LogP) is 3.13. The van der Waals surface area contributed by atoms with Crippen LogP contribution in [0.3, 0.4) is 0 Å². The summed E-state index contributed by atoms with van der Waals surface area (Å²) >= 11 is 3.59. The normalized spacial score (nSPS) is 11.3. The molecule has 0 radical (unpaired) electrons. The summed E-state index contributed by atoms with van der Waals surface area (Å²) in [7, 11) is 4.04. The summed E-state index contributed by atoms with van der Waals surface area (Å²) < 4.78 is 1.98. The van der Waals surface area contributed by atoms with Gasteiger partial charge in [-0.25, -0.2) is 4.99 Å². The maximum Gasteiger partial charge on any atom is 0.194 e. The summed E-state index contributed by atoms with van der Waals surface area (Å²) in [4.78, 5) is 6.91. The van der Waals surface area contributed by atoms with E-state index < -0.39 is 0 Å². The van der Waals surface area contributed by atoms with Crippen LogP contribution >= 0.6 is 47.1 Å². The summed E-state index contributed by atoms with van der Waals surface area (Å²) in [6.45, 7) is 4.24. The zero-order chi connectivity index (χ0) is 17.4. The molecule has 0 spiro atoms. The Hall–Kier alpha value is -0.810. The van der Waals surface area contributed by atoms with Gasteiger partial charge in [0.15, 0.2) is 11.8 Å². The van der Waals surface area contributed by atoms with E-state index in [9.17, 15) is 0 Å². The van der Waals surface area contributed by atoms with E-state index in [1.54, 1.807) is 11.3 Å². The molecule has 0 unspecified atom stereocenters. The van der Waals surface area contributed by atoms with Crippen LogP contribution in [0.2, 0.25) is 0 Å². The molecule has 0 aliphatic carbocycles. The molecule has 0 aliphatic rings. The maximum atomic E-state index is 4.75. The Bertz CT molecular complexity index is 641. The number of rotatable bonds is 8. The summed E-state index contributed by atoms with van der Waals surface area (Å²) in [6, 6.07) is 2.15. The molecule has 25 heavy (non-hydrogen) atoms. The van der Waals surface area contributed by atoms with Crippen LogP contribution in [0.1, 0.15) is 23.6 Å². The second-order valence-corrected chi connectivity index (χ2v) is 7.39. The lowest BCUT2D eigenvalue weighted by Crippen LogP contribution is -2.39. The lowest BCUT2D eigenvalue weighted by Gasteiger charge is -2.22. The van der Waals surface area contributed by atoms with Crippen molar-refractivity contribution in [2.24, 2.45) is 12.0 Å². The number of aryl methyl sites for hydroxylation is 1. The molecule has 0 fully saturated rings. The highest BCUT2D eigenvalue weighted by Crippen LogP contribution is 2.09. The average Bonchev–Trinajstić information content (AvgIpc) is 3.18. The second-order valence-electron chi connectivity index (χ2n) is 5.62. The van der Waals surface area contributed by atoms with E-state index in [-0.39, 0.29) is 24.0 Å². The summed E-state index contributed by atoms with van der Waals surface area (Å²) in [6.07, 6.45) is 3.25. The minimum absolute atomic E-state index is 0. The van der Waals surface area contributed by atoms with Crippen LogP contribution in [0.4, 0.5) is 0 Å². The molecule has 0 saturated heterocycles. The first kappa shape index (κ1) is 22.2. The Morgan fingerprint density at radius 3 is 2.84 bits per heavy atom. The molecule has 140 valence electrons. The van der Waals surface area contributed by atoms with Crippen molar-refractivity contribution in [3.8, 4) is 0 Å². The van der Waals surface area contributed by atoms with Gasteiger partial charge in [0.05, 0.1) is 0 Å². The van der Waals surface area contributed by atoms with Crippen LogP contribution in [0.25, 0.3) is 0 Å². The molecule has 0 atom stereocenters. The molecule has 0 amide bonds. The van der Waals surface area contributed by atoms with Crippen LogP contribution < -0.4 is 5.32 Å². The number of guanidine groups is 1. The van der Waals surface area contributed by atoms with Crippen LogP contribution in [-0.2, 0) is 20.1 Å². The van der Waals surface area contributed by atoms with E-state index in [4.69, 9.17) is 4.99 Å². The van der Waals surface area contributed by atoms with Gasteiger partial charge in [-0.3, -0.25) is 0 Å². The monoisotopic (exact) mass is 494 g/mol. The number of thiophene rings is 1. The number of aliphatic imine (C=N–C) groups is 1. The highest BCUT2D eigenvalue weighted by atomic mass is 127. The lowest BCUT2D eigenvalue weighted by molar-refractivity contribution is 0.475. The molecule has 0 aliphatic heterocycles. The van der Waals surface area contributed by atoms with Gasteiger partial charge in [0.25, 0.3) is 0 Å². The number of thioether (sulfide) groups is 1. The van der Waals surface area contributed by atoms with E-state index in [2.05, 4.69) is 50.5 Å². The third kappa shape index (κ3) is 7.14. The highest BCUT2D eigenvalue weighted by Gasteiger charge is 2.09. The van der Waals surface area contributed by atoms with Crippen LogP contribution in [-0.4, -0.2) is 51.2 Å². The van der Waals surface area contributed by atoms with Gasteiger partial charge in [0.2, 0.25) is 0 Å². The SMILES string of the molecule is CSCCCNC(=NCc1nnc(C)n1C)N(C)Cc1ccsc1.I. The fourth-order valence-corrected chi connectivity index (χ4v) is 3.29. The van der Waals surface area contributed by atoms with E-state index in [1.807, 2.05) is 30.3 Å². The van der Waals surface area contributed by atoms with Crippen molar-refractivity contribution in [1.29, 1.82) is 0 Å². The number of halogens is 1. The fraction of sp³-hybridized carbons (Fsp3) is 0.562. The summed E-state index contributed by atoms with van der Waals surface area (Å²) in [5, 5.41) is 16.0. The summed E-state index contributed by atoms with van der Waals surface area (Å²) in [5.41, 5.74) is 1.30. The fourth-order valence-electron chi connectivity index (χ4n) is 2.19. The Morgan fingerprint density at radius 1 is 1.44 bits per heavy atom. The molecule has 9 heteroatoms. The standard InChI is InChI=1S/C16H26N6S2.HI/c1-13-19-20-15(22(13)3)10-18-16(17-7-5-8-23-4)21(2)11-14-6-9-24-12-14;/h6,9,12H,5,7-8,10-11H2,1-4H3,(H,17,18);1H. The van der Waals surface area contributed by atoms with Crippen molar-refractivity contribution in [2.75, 3.05) is 25.6 Å². The smallest absolute Gasteiger partial charge is 0.194 e. The van der Waals surface area contributed by atoms with Gasteiger partial charge in [-0.05, 0) is 47.7 Å². The Labute approximate surface area is 175 Å². The van der Waals surface area contributed by atoms with Gasteiger partial charge in [0.1, 0.15) is 12.4 Å². The Kier molecular flexibility index (Phi) is 10.4. The third-order valence-corrected chi connectivity index (χ3v) is 5.15. The van der Waals surface area contributed by atoms with Crippen molar-refractivity contribution in [3.63, 3.8) is 0 Å². The van der Waals surface area contributed by atoms with Gasteiger partial charge in [-0.1, -0.05) is 0 Å². The molecular formula is C16H27IN6S2. The van der Waals surface area contributed by atoms with Crippen molar-refractivity contribution in [3.05, 3.63) is 34.0 Å². The topological polar surface area (TPSA) is 58.3 Å². The van der Waals surface area contributed by atoms with E-state index in [0.717, 1.165) is 42.9 Å². The van der Waals surface area contributed by atoms with Gasteiger partial charge in [-0.15, -0.1) is 34.2 Å². The number of hydrogen-bond donors (Lipinski definition) is 1. The van der Waals surface area contributed by atoms with Gasteiger partial charge in [0, 0.05) is 27.2 Å². The van der Waals surface area contributed by atoms with Gasteiger partial charge >= 0.3 is 0 Å². The Balaban J connectivity index is 0.00000312. The molecular weight excluding hydrogens is 467 g/mol. The van der Waals surface area contributed by atoms with Crippen LogP contribution in [0.15, 0.2) is 21.8 Å². The molecule has 1 N–H and O–H groups in total. The molecule has 2 aromatic heterocycles. The minimum Gasteiger partial charge on any atom is -0.356 e. The number of nitrogens with one attached hydrogen (secondary N) is 1. The number of nitrogens with zero attached hydrogens (tertiary/aromatic N) is 5. The molecule has 2 heterocycles. The highest BCUT2D eigenvalue weighted by molar-refractivity contribution is 14.0. The zero-order valence-electron chi connectivity index (χ0n) is 15.2. The molecule has 2 aromatic rings. The lowest BCUT2D eigenvalue weighted by atomic mass is 10.3. The molecule has 2 rings (SSSR count). The van der Waals surface area contributed by atoms with Gasteiger partial charge < -0.3 is 14.8 Å². The molecule has 6 nitrogen and oxygen atoms in total. The van der Waals surface area contributed by atoms with E-state index in [1.165, 1.54) is 5.56 Å². The molecule has 0 bridgehead atoms. The van der Waals surface area contributed by atoms with Crippen molar-refractivity contribution >= 4 is 53.0 Å². The van der Waals surface area contributed by atoms with Crippen molar-refractivity contribution in [1.82, 2.24) is 25.0 Å². The van der Waals surface area contributed by atoms with Gasteiger partial charge in [-0.2, -0.15) is 23.1 Å². The largest absolute Gasteiger partial charge is 0.356 e. The third-order valence-electron chi connectivity index (χ3n) is 3.72. The predicted molar refractivity (Wildman–Crippen MR) is 119 cm³/mol. The quantitative estimate of drug-likeness (QED) is 0.265. The second kappa shape index (κ2) is 11.7. The molecule has 0 saturated carbocycles. The number of aromatic nitrogens is 3. The molecule has 0 aromatic carbocycles. The van der Waals surface area contributed by atoms with Crippen molar-refractivity contribution < 1.29 is 0 Å². The summed E-state index contributed by atoms with van der Waals surface area (Å²) in [5.74, 6) is 3.83. The first-order chi connectivity index (χ1) is 11.6. The minimum atomic E-state index is 0. The zero-order valence-corrected chi connectivity index (χ0v) is 19.2. The maximum absolute atomic E-state index is 4.75. The average molecular weight is 494 g/mol. The van der Waals surface area contributed by atoms with E-state index in [0.29, 0.717) is 6.54 Å². The van der Waals surface area contributed by atoms with Crippen LogP contribution in [0.5, 0.6) is 0 Å². The first-order valence-electron chi connectivity index (χ1n) is 7.96. The van der Waals surface area contributed by atoms with Crippen molar-refractivity contribution in [2.45, 2.75) is 26.4 Å². The first-order valence-corrected chi connectivity index (χ1v) is 10.3. The Morgan fingerprint density at radius 2 is 2.24 bits per heavy atom. The van der Waals surface area contributed by atoms with E-state index >= 15 is 0 Å².